The van der Waals surface area contributed by atoms with E-state index >= 15 is 0 Å². The first-order chi connectivity index (χ1) is 7.11. The van der Waals surface area contributed by atoms with Crippen molar-refractivity contribution in [3.63, 3.8) is 0 Å². The third-order valence-electron chi connectivity index (χ3n) is 4.38. The quantitative estimate of drug-likeness (QED) is 0.638. The number of likely N-dealkylation sites (tertiary alicyclic amines) is 1. The van der Waals surface area contributed by atoms with Crippen LogP contribution in [0.1, 0.15) is 53.4 Å². The van der Waals surface area contributed by atoms with Gasteiger partial charge in [-0.2, -0.15) is 0 Å². The van der Waals surface area contributed by atoms with E-state index in [1.54, 1.807) is 0 Å². The van der Waals surface area contributed by atoms with Gasteiger partial charge in [-0.05, 0) is 63.1 Å². The Hall–Kier alpha value is -0.0400. The molecule has 2 rings (SSSR count). The maximum Gasteiger partial charge on any atom is -0.00165 e. The molecule has 1 aliphatic carbocycles. The minimum atomic E-state index is 0.793. The molecule has 2 fully saturated rings. The average molecular weight is 211 g/mol. The summed E-state index contributed by atoms with van der Waals surface area (Å²) in [5.41, 5.74) is 0.793. The zero-order valence-electron chi connectivity index (χ0n) is 11.3. The molecule has 1 aliphatic heterocycles. The van der Waals surface area contributed by atoms with Gasteiger partial charge in [0.2, 0.25) is 0 Å². The van der Waals surface area contributed by atoms with Gasteiger partial charge >= 0.3 is 0 Å². The van der Waals surface area contributed by atoms with Crippen LogP contribution in [0.15, 0.2) is 0 Å². The van der Waals surface area contributed by atoms with Crippen LogP contribution < -0.4 is 0 Å². The third-order valence-corrected chi connectivity index (χ3v) is 4.38. The van der Waals surface area contributed by atoms with E-state index in [1.165, 1.54) is 38.8 Å². The molecule has 1 nitrogen and oxygen atoms in total. The van der Waals surface area contributed by atoms with Crippen molar-refractivity contribution >= 4 is 0 Å². The molecule has 2 aliphatic rings. The van der Waals surface area contributed by atoms with Gasteiger partial charge in [0.05, 0.1) is 0 Å². The maximum absolute atomic E-state index is 2.48. The van der Waals surface area contributed by atoms with Gasteiger partial charge in [-0.25, -0.2) is 0 Å². The van der Waals surface area contributed by atoms with E-state index in [-0.39, 0.29) is 0 Å². The summed E-state index contributed by atoms with van der Waals surface area (Å²) in [6.07, 6.45) is 5.98. The Morgan fingerprint density at radius 3 is 1.93 bits per heavy atom. The molecular formula is C14H29N. The van der Waals surface area contributed by atoms with E-state index in [0.29, 0.717) is 0 Å². The lowest BCUT2D eigenvalue weighted by Crippen LogP contribution is -2.47. The highest BCUT2D eigenvalue weighted by Gasteiger charge is 2.45. The second-order valence-corrected chi connectivity index (χ2v) is 5.72. The number of rotatable bonds is 1. The van der Waals surface area contributed by atoms with Crippen molar-refractivity contribution in [3.05, 3.63) is 0 Å². The van der Waals surface area contributed by atoms with Crippen LogP contribution in [0.4, 0.5) is 0 Å². The van der Waals surface area contributed by atoms with Crippen LogP contribution in [0.2, 0.25) is 0 Å². The van der Waals surface area contributed by atoms with Gasteiger partial charge in [-0.15, -0.1) is 0 Å². The Labute approximate surface area is 96.2 Å². The van der Waals surface area contributed by atoms with Crippen molar-refractivity contribution in [2.45, 2.75) is 53.4 Å². The number of nitrogens with zero attached hydrogens (tertiary/aromatic N) is 1. The molecule has 1 heteroatoms. The first-order valence-electron chi connectivity index (χ1n) is 6.80. The topological polar surface area (TPSA) is 3.24 Å². The van der Waals surface area contributed by atoms with E-state index < -0.39 is 0 Å². The van der Waals surface area contributed by atoms with Crippen LogP contribution in [-0.2, 0) is 0 Å². The molecule has 15 heavy (non-hydrogen) atoms. The van der Waals surface area contributed by atoms with Crippen LogP contribution in [0, 0.1) is 17.3 Å². The van der Waals surface area contributed by atoms with E-state index in [4.69, 9.17) is 0 Å². The van der Waals surface area contributed by atoms with E-state index in [2.05, 4.69) is 25.8 Å². The number of hydrogen-bond donors (Lipinski definition) is 0. The van der Waals surface area contributed by atoms with Gasteiger partial charge in [0.15, 0.2) is 0 Å². The Kier molecular flexibility index (Phi) is 4.64. The molecule has 0 bridgehead atoms. The highest BCUT2D eigenvalue weighted by atomic mass is 15.1. The fraction of sp³-hybridized carbons (Fsp3) is 1.00. The van der Waals surface area contributed by atoms with Crippen LogP contribution in [0.3, 0.4) is 0 Å². The van der Waals surface area contributed by atoms with Crippen molar-refractivity contribution in [3.8, 4) is 0 Å². The molecule has 0 radical (unpaired) electrons. The first kappa shape index (κ1) is 13.0. The summed E-state index contributed by atoms with van der Waals surface area (Å²) in [5, 5.41) is 0. The minimum Gasteiger partial charge on any atom is -0.306 e. The van der Waals surface area contributed by atoms with Crippen molar-refractivity contribution in [2.75, 3.05) is 20.1 Å². The summed E-state index contributed by atoms with van der Waals surface area (Å²) in [5.74, 6) is 1.97. The van der Waals surface area contributed by atoms with Crippen LogP contribution >= 0.6 is 0 Å². The number of hydrogen-bond acceptors (Lipinski definition) is 1. The molecule has 1 spiro atoms. The maximum atomic E-state index is 2.48. The summed E-state index contributed by atoms with van der Waals surface area (Å²) >= 11 is 0. The molecule has 0 aromatic rings. The SMILES string of the molecule is CC.CC(C)C1CC2(CCN(C)CC2)C1. The number of piperidine rings is 1. The second-order valence-electron chi connectivity index (χ2n) is 5.72. The van der Waals surface area contributed by atoms with Gasteiger partial charge in [0.1, 0.15) is 0 Å². The van der Waals surface area contributed by atoms with E-state index in [0.717, 1.165) is 17.3 Å². The second kappa shape index (κ2) is 5.34. The fourth-order valence-electron chi connectivity index (χ4n) is 3.03. The van der Waals surface area contributed by atoms with Crippen molar-refractivity contribution in [1.82, 2.24) is 4.90 Å². The summed E-state index contributed by atoms with van der Waals surface area (Å²) < 4.78 is 0. The molecule has 1 heterocycles. The molecule has 90 valence electrons. The predicted molar refractivity (Wildman–Crippen MR) is 68.1 cm³/mol. The lowest BCUT2D eigenvalue weighted by molar-refractivity contribution is -0.0256. The van der Waals surface area contributed by atoms with Crippen LogP contribution in [0.25, 0.3) is 0 Å². The zero-order valence-corrected chi connectivity index (χ0v) is 11.3. The summed E-state index contributed by atoms with van der Waals surface area (Å²) in [4.78, 5) is 2.48. The van der Waals surface area contributed by atoms with Crippen molar-refractivity contribution in [2.24, 2.45) is 17.3 Å². The molecule has 0 atom stereocenters. The summed E-state index contributed by atoms with van der Waals surface area (Å²) in [6.45, 7) is 11.4. The Bertz CT molecular complexity index is 170. The molecule has 0 amide bonds. The van der Waals surface area contributed by atoms with Gasteiger partial charge in [0.25, 0.3) is 0 Å². The average Bonchev–Trinajstić information content (AvgIpc) is 2.19. The highest BCUT2D eigenvalue weighted by molar-refractivity contribution is 4.97. The normalized spacial score (nSPS) is 26.0. The van der Waals surface area contributed by atoms with Gasteiger partial charge in [-0.3, -0.25) is 0 Å². The Morgan fingerprint density at radius 2 is 1.53 bits per heavy atom. The zero-order chi connectivity index (χ0) is 11.5. The molecule has 0 aromatic carbocycles. The van der Waals surface area contributed by atoms with Gasteiger partial charge in [0, 0.05) is 0 Å². The van der Waals surface area contributed by atoms with E-state index in [1.807, 2.05) is 13.8 Å². The van der Waals surface area contributed by atoms with Gasteiger partial charge in [-0.1, -0.05) is 27.7 Å². The largest absolute Gasteiger partial charge is 0.306 e. The van der Waals surface area contributed by atoms with Crippen LogP contribution in [-0.4, -0.2) is 25.0 Å². The monoisotopic (exact) mass is 211 g/mol. The molecule has 1 saturated carbocycles. The first-order valence-corrected chi connectivity index (χ1v) is 6.80. The van der Waals surface area contributed by atoms with Crippen LogP contribution in [0.5, 0.6) is 0 Å². The van der Waals surface area contributed by atoms with Gasteiger partial charge < -0.3 is 4.90 Å². The smallest absolute Gasteiger partial charge is 0.00165 e. The summed E-state index contributed by atoms with van der Waals surface area (Å²) in [6, 6.07) is 0. The molecular weight excluding hydrogens is 182 g/mol. The fourth-order valence-corrected chi connectivity index (χ4v) is 3.03. The lowest BCUT2D eigenvalue weighted by Gasteiger charge is -2.53. The highest BCUT2D eigenvalue weighted by Crippen LogP contribution is 2.54. The molecule has 0 unspecified atom stereocenters. The Morgan fingerprint density at radius 1 is 1.07 bits per heavy atom. The standard InChI is InChI=1S/C12H23N.C2H6/c1-10(2)11-8-12(9-11)4-6-13(3)7-5-12;1-2/h10-11H,4-9H2,1-3H3;1-2H3. The summed E-state index contributed by atoms with van der Waals surface area (Å²) in [7, 11) is 2.26. The predicted octanol–water partition coefficient (Wildman–Crippen LogP) is 3.79. The molecule has 1 saturated heterocycles. The molecule has 0 aromatic heterocycles. The molecule has 0 N–H and O–H groups in total. The Balaban J connectivity index is 0.000000531. The van der Waals surface area contributed by atoms with Crippen molar-refractivity contribution in [1.29, 1.82) is 0 Å². The third kappa shape index (κ3) is 2.96. The van der Waals surface area contributed by atoms with Crippen molar-refractivity contribution < 1.29 is 0 Å². The minimum absolute atomic E-state index is 0.793. The lowest BCUT2D eigenvalue weighted by atomic mass is 9.55. The van der Waals surface area contributed by atoms with E-state index in [9.17, 15) is 0 Å².